The third kappa shape index (κ3) is 4.54. The van der Waals surface area contributed by atoms with E-state index in [9.17, 15) is 4.79 Å². The van der Waals surface area contributed by atoms with E-state index in [2.05, 4.69) is 18.7 Å². The van der Waals surface area contributed by atoms with Crippen LogP contribution in [0.3, 0.4) is 0 Å². The van der Waals surface area contributed by atoms with Crippen LogP contribution in [-0.4, -0.2) is 37.1 Å². The van der Waals surface area contributed by atoms with Crippen LogP contribution in [0.2, 0.25) is 0 Å². The molecule has 1 saturated carbocycles. The van der Waals surface area contributed by atoms with Gasteiger partial charge in [-0.1, -0.05) is 63.4 Å². The molecule has 3 nitrogen and oxygen atoms in total. The molecule has 0 heterocycles. The van der Waals surface area contributed by atoms with Crippen LogP contribution in [0.5, 0.6) is 0 Å². The first kappa shape index (κ1) is 19.3. The Labute approximate surface area is 152 Å². The Morgan fingerprint density at radius 3 is 2.38 bits per heavy atom. The van der Waals surface area contributed by atoms with Gasteiger partial charge in [-0.05, 0) is 37.4 Å². The van der Waals surface area contributed by atoms with Crippen molar-refractivity contribution in [3.63, 3.8) is 0 Å². The molecule has 0 N–H and O–H groups in total. The van der Waals surface area contributed by atoms with Gasteiger partial charge in [-0.25, -0.2) is 0 Å². The number of nitrogens with zero attached hydrogens (tertiary/aromatic N) is 1. The lowest BCUT2D eigenvalue weighted by atomic mass is 9.76. The molecule has 0 radical (unpaired) electrons. The van der Waals surface area contributed by atoms with Gasteiger partial charge in [0.25, 0.3) is 0 Å². The molecule has 1 aromatic carbocycles. The minimum atomic E-state index is -0.828. The quantitative estimate of drug-likeness (QED) is 0.561. The topological polar surface area (TPSA) is 29.5 Å². The average molecular weight is 350 g/mol. The second kappa shape index (κ2) is 9.47. The van der Waals surface area contributed by atoms with Crippen LogP contribution in [-0.2, 0) is 14.3 Å². The van der Waals surface area contributed by atoms with Crippen LogP contribution in [0.25, 0.3) is 0 Å². The summed E-state index contributed by atoms with van der Waals surface area (Å²) in [6.45, 7) is 7.41. The largest absolute Gasteiger partial charge is 0.463 e. The van der Waals surface area contributed by atoms with Crippen molar-refractivity contribution in [3.05, 3.63) is 35.9 Å². The molecule has 0 bridgehead atoms. The third-order valence-electron chi connectivity index (χ3n) is 5.26. The van der Waals surface area contributed by atoms with E-state index in [-0.39, 0.29) is 11.9 Å². The van der Waals surface area contributed by atoms with Crippen molar-refractivity contribution in [2.45, 2.75) is 50.7 Å². The summed E-state index contributed by atoms with van der Waals surface area (Å²) in [5.74, 6) is 0.0639. The van der Waals surface area contributed by atoms with Crippen LogP contribution < -0.4 is 0 Å². The van der Waals surface area contributed by atoms with E-state index in [0.717, 1.165) is 38.0 Å². The minimum Gasteiger partial charge on any atom is -0.463 e. The van der Waals surface area contributed by atoms with Gasteiger partial charge in [-0.2, -0.15) is 12.6 Å². The monoisotopic (exact) mass is 349 g/mol. The smallest absolute Gasteiger partial charge is 0.326 e. The highest BCUT2D eigenvalue weighted by Crippen LogP contribution is 2.45. The molecular formula is C20H31NO2S. The molecule has 0 amide bonds. The van der Waals surface area contributed by atoms with Gasteiger partial charge in [0.1, 0.15) is 11.4 Å². The zero-order valence-corrected chi connectivity index (χ0v) is 15.9. The van der Waals surface area contributed by atoms with E-state index < -0.39 is 4.75 Å². The van der Waals surface area contributed by atoms with Gasteiger partial charge in [-0.3, -0.25) is 4.79 Å². The Morgan fingerprint density at radius 1 is 1.17 bits per heavy atom. The fourth-order valence-electron chi connectivity index (χ4n) is 3.65. The third-order valence-corrected chi connectivity index (χ3v) is 6.06. The van der Waals surface area contributed by atoms with Gasteiger partial charge in [0.2, 0.25) is 0 Å². The highest BCUT2D eigenvalue weighted by atomic mass is 32.1. The van der Waals surface area contributed by atoms with Crippen LogP contribution in [0.1, 0.15) is 51.5 Å². The summed E-state index contributed by atoms with van der Waals surface area (Å²) in [5.41, 5.74) is 0.966. The number of thiol groups is 1. The first-order valence-corrected chi connectivity index (χ1v) is 9.75. The molecule has 0 saturated heterocycles. The lowest BCUT2D eigenvalue weighted by Crippen LogP contribution is -2.41. The number of hydrogen-bond donors (Lipinski definition) is 1. The molecule has 1 aliphatic carbocycles. The number of benzene rings is 1. The van der Waals surface area contributed by atoms with Crippen molar-refractivity contribution in [1.82, 2.24) is 4.90 Å². The number of carbonyl (C=O) groups is 1. The molecule has 1 aliphatic rings. The molecule has 4 heteroatoms. The fourth-order valence-corrected chi connectivity index (χ4v) is 4.12. The summed E-state index contributed by atoms with van der Waals surface area (Å²) >= 11 is 4.93. The number of esters is 1. The Balaban J connectivity index is 2.11. The van der Waals surface area contributed by atoms with Crippen molar-refractivity contribution in [2.24, 2.45) is 5.92 Å². The first-order chi connectivity index (χ1) is 11.6. The Morgan fingerprint density at radius 2 is 1.79 bits per heavy atom. The van der Waals surface area contributed by atoms with Gasteiger partial charge in [-0.15, -0.1) is 0 Å². The normalized spacial score (nSPS) is 18.3. The molecule has 1 fully saturated rings. The number of ether oxygens (including phenoxy) is 1. The predicted molar refractivity (Wildman–Crippen MR) is 102 cm³/mol. The van der Waals surface area contributed by atoms with E-state index in [4.69, 9.17) is 17.4 Å². The number of rotatable bonds is 8. The van der Waals surface area contributed by atoms with Crippen molar-refractivity contribution in [2.75, 3.05) is 26.2 Å². The zero-order chi connectivity index (χ0) is 17.4. The second-order valence-corrected chi connectivity index (χ2v) is 7.34. The summed E-state index contributed by atoms with van der Waals surface area (Å²) in [5, 5.41) is 0. The summed E-state index contributed by atoms with van der Waals surface area (Å²) in [6.07, 6.45) is 5.69. The number of likely N-dealkylation sites (N-methyl/N-ethyl adjacent to an activating group) is 1. The SMILES string of the molecule is CCN(CC)CCOC(=O)[C@](S)(c1ccccc1)C1CCCCC1. The van der Waals surface area contributed by atoms with E-state index in [1.54, 1.807) is 0 Å². The highest BCUT2D eigenvalue weighted by Gasteiger charge is 2.45. The molecule has 0 aromatic heterocycles. The molecular weight excluding hydrogens is 318 g/mol. The van der Waals surface area contributed by atoms with Gasteiger partial charge < -0.3 is 9.64 Å². The van der Waals surface area contributed by atoms with Crippen molar-refractivity contribution in [1.29, 1.82) is 0 Å². The van der Waals surface area contributed by atoms with Crippen LogP contribution in [0, 0.1) is 5.92 Å². The Bertz CT molecular complexity index is 498. The van der Waals surface area contributed by atoms with E-state index in [1.807, 2.05) is 30.3 Å². The van der Waals surface area contributed by atoms with Gasteiger partial charge in [0, 0.05) is 6.54 Å². The first-order valence-electron chi connectivity index (χ1n) is 9.30. The number of carbonyl (C=O) groups excluding carboxylic acids is 1. The summed E-state index contributed by atoms with van der Waals surface area (Å²) in [6, 6.07) is 9.95. The minimum absolute atomic E-state index is 0.184. The van der Waals surface area contributed by atoms with Crippen LogP contribution in [0.4, 0.5) is 0 Å². The maximum Gasteiger partial charge on any atom is 0.326 e. The maximum absolute atomic E-state index is 13.0. The van der Waals surface area contributed by atoms with Gasteiger partial charge >= 0.3 is 5.97 Å². The fraction of sp³-hybridized carbons (Fsp3) is 0.650. The maximum atomic E-state index is 13.0. The van der Waals surface area contributed by atoms with E-state index >= 15 is 0 Å². The molecule has 0 unspecified atom stereocenters. The van der Waals surface area contributed by atoms with E-state index in [1.165, 1.54) is 19.3 Å². The van der Waals surface area contributed by atoms with Gasteiger partial charge in [0.05, 0.1) is 0 Å². The lowest BCUT2D eigenvalue weighted by Gasteiger charge is -2.37. The Hall–Kier alpha value is -1.00. The van der Waals surface area contributed by atoms with Crippen molar-refractivity contribution >= 4 is 18.6 Å². The molecule has 1 aromatic rings. The summed E-state index contributed by atoms with van der Waals surface area (Å²) in [4.78, 5) is 15.3. The molecule has 1 atom stereocenters. The van der Waals surface area contributed by atoms with Crippen molar-refractivity contribution in [3.8, 4) is 0 Å². The van der Waals surface area contributed by atoms with E-state index in [0.29, 0.717) is 6.61 Å². The predicted octanol–water partition coefficient (Wildman–Crippen LogP) is 4.28. The highest BCUT2D eigenvalue weighted by molar-refractivity contribution is 7.82. The van der Waals surface area contributed by atoms with Crippen LogP contribution >= 0.6 is 12.6 Å². The molecule has 24 heavy (non-hydrogen) atoms. The summed E-state index contributed by atoms with van der Waals surface area (Å²) < 4.78 is 4.86. The van der Waals surface area contributed by atoms with Crippen LogP contribution in [0.15, 0.2) is 30.3 Å². The molecule has 0 spiro atoms. The Kier molecular flexibility index (Phi) is 7.63. The van der Waals surface area contributed by atoms with Crippen molar-refractivity contribution < 1.29 is 9.53 Å². The standard InChI is InChI=1S/C20H31NO2S/c1-3-21(4-2)15-16-23-19(22)20(24,17-11-7-5-8-12-17)18-13-9-6-10-14-18/h5,7-8,11-12,18,24H,3-4,6,9-10,13-16H2,1-2H3/t20-/m0/s1. The van der Waals surface area contributed by atoms with Gasteiger partial charge in [0.15, 0.2) is 0 Å². The zero-order valence-electron chi connectivity index (χ0n) is 15.0. The summed E-state index contributed by atoms with van der Waals surface area (Å²) in [7, 11) is 0. The molecule has 0 aliphatic heterocycles. The molecule has 2 rings (SSSR count). The average Bonchev–Trinajstić information content (AvgIpc) is 2.65. The number of hydrogen-bond acceptors (Lipinski definition) is 4. The second-order valence-electron chi connectivity index (χ2n) is 6.63. The lowest BCUT2D eigenvalue weighted by molar-refractivity contribution is -0.149. The molecule has 134 valence electrons.